The summed E-state index contributed by atoms with van der Waals surface area (Å²) in [4.78, 5) is 9.90. The normalized spacial score (nSPS) is 11.1. The molecule has 0 amide bonds. The van der Waals surface area contributed by atoms with Gasteiger partial charge in [-0.05, 0) is 33.4 Å². The summed E-state index contributed by atoms with van der Waals surface area (Å²) in [6, 6.07) is 6.03. The zero-order valence-electron chi connectivity index (χ0n) is 8.80. The number of rotatable bonds is 2. The van der Waals surface area contributed by atoms with E-state index in [-0.39, 0.29) is 0 Å². The van der Waals surface area contributed by atoms with Crippen molar-refractivity contribution in [2.24, 2.45) is 0 Å². The van der Waals surface area contributed by atoms with Crippen molar-refractivity contribution in [2.45, 2.75) is 6.54 Å². The molecule has 0 aromatic carbocycles. The molecule has 0 fully saturated rings. The van der Waals surface area contributed by atoms with Gasteiger partial charge in [-0.3, -0.25) is 4.57 Å². The molecule has 0 saturated heterocycles. The Morgan fingerprint density at radius 2 is 2.35 bits per heavy atom. The molecule has 0 unspecified atom stereocenters. The summed E-state index contributed by atoms with van der Waals surface area (Å²) in [7, 11) is 0. The third-order valence-corrected chi connectivity index (χ3v) is 3.77. The number of halogens is 1. The molecule has 0 atom stereocenters. The molecule has 0 aliphatic rings. The zero-order valence-corrected chi connectivity index (χ0v) is 11.2. The maximum atomic E-state index is 5.92. The minimum atomic E-state index is 0.499. The molecule has 2 N–H and O–H groups in total. The standard InChI is InChI=1S/C11H9BrN4S/c12-7-4-9-10(14-5-7)16(11(13)15-9)6-8-2-1-3-17-8/h1-5H,6H2,(H2,13,15). The lowest BCUT2D eigenvalue weighted by Crippen LogP contribution is -2.04. The summed E-state index contributed by atoms with van der Waals surface area (Å²) in [6.45, 7) is 0.717. The highest BCUT2D eigenvalue weighted by molar-refractivity contribution is 9.10. The van der Waals surface area contributed by atoms with Gasteiger partial charge in [0.2, 0.25) is 5.95 Å². The quantitative estimate of drug-likeness (QED) is 0.792. The fourth-order valence-electron chi connectivity index (χ4n) is 1.72. The van der Waals surface area contributed by atoms with Gasteiger partial charge in [-0.25, -0.2) is 9.97 Å². The van der Waals surface area contributed by atoms with E-state index in [1.54, 1.807) is 17.5 Å². The van der Waals surface area contributed by atoms with E-state index < -0.39 is 0 Å². The minimum Gasteiger partial charge on any atom is -0.369 e. The molecule has 3 aromatic heterocycles. The van der Waals surface area contributed by atoms with Crippen molar-refractivity contribution in [2.75, 3.05) is 5.73 Å². The molecule has 3 rings (SSSR count). The summed E-state index contributed by atoms with van der Waals surface area (Å²) in [6.07, 6.45) is 1.76. The van der Waals surface area contributed by atoms with Gasteiger partial charge in [-0.2, -0.15) is 0 Å². The van der Waals surface area contributed by atoms with E-state index >= 15 is 0 Å². The summed E-state index contributed by atoms with van der Waals surface area (Å²) in [5, 5.41) is 2.05. The zero-order chi connectivity index (χ0) is 11.8. The molecule has 0 radical (unpaired) electrons. The van der Waals surface area contributed by atoms with E-state index in [4.69, 9.17) is 5.73 Å². The van der Waals surface area contributed by atoms with Gasteiger partial charge >= 0.3 is 0 Å². The number of anilines is 1. The third kappa shape index (κ3) is 1.94. The van der Waals surface area contributed by atoms with E-state index in [1.165, 1.54) is 4.88 Å². The molecule has 6 heteroatoms. The van der Waals surface area contributed by atoms with Crippen LogP contribution >= 0.6 is 27.3 Å². The first-order chi connectivity index (χ1) is 8.24. The topological polar surface area (TPSA) is 56.7 Å². The van der Waals surface area contributed by atoms with E-state index in [2.05, 4.69) is 37.3 Å². The predicted octanol–water partition coefficient (Wildman–Crippen LogP) is 2.89. The second kappa shape index (κ2) is 4.12. The second-order valence-corrected chi connectivity index (χ2v) is 5.58. The Kier molecular flexibility index (Phi) is 2.60. The van der Waals surface area contributed by atoms with E-state index in [9.17, 15) is 0 Å². The van der Waals surface area contributed by atoms with Crippen LogP contribution in [0.2, 0.25) is 0 Å². The predicted molar refractivity (Wildman–Crippen MR) is 73.1 cm³/mol. The van der Waals surface area contributed by atoms with Crippen molar-refractivity contribution in [3.63, 3.8) is 0 Å². The van der Waals surface area contributed by atoms with Crippen molar-refractivity contribution in [3.05, 3.63) is 39.1 Å². The van der Waals surface area contributed by atoms with Crippen LogP contribution in [0, 0.1) is 0 Å². The lowest BCUT2D eigenvalue weighted by Gasteiger charge is -2.03. The molecule has 0 spiro atoms. The first-order valence-corrected chi connectivity index (χ1v) is 6.71. The number of imidazole rings is 1. The Hall–Kier alpha value is -1.40. The van der Waals surface area contributed by atoms with Crippen molar-refractivity contribution in [1.29, 1.82) is 0 Å². The first kappa shape index (κ1) is 10.7. The molecule has 0 saturated carbocycles. The molecule has 0 aliphatic heterocycles. The lowest BCUT2D eigenvalue weighted by atomic mass is 10.4. The van der Waals surface area contributed by atoms with Crippen LogP contribution in [0.4, 0.5) is 5.95 Å². The van der Waals surface area contributed by atoms with Crippen LogP contribution in [0.5, 0.6) is 0 Å². The maximum absolute atomic E-state index is 5.92. The van der Waals surface area contributed by atoms with Crippen LogP contribution < -0.4 is 5.73 Å². The van der Waals surface area contributed by atoms with Gasteiger partial charge in [-0.1, -0.05) is 6.07 Å². The maximum Gasteiger partial charge on any atom is 0.202 e. The fraction of sp³-hybridized carbons (Fsp3) is 0.0909. The van der Waals surface area contributed by atoms with Crippen LogP contribution in [-0.4, -0.2) is 14.5 Å². The van der Waals surface area contributed by atoms with Gasteiger partial charge in [0.15, 0.2) is 5.65 Å². The molecule has 3 heterocycles. The number of nitrogen functional groups attached to an aromatic ring is 1. The van der Waals surface area contributed by atoms with Crippen molar-refractivity contribution in [1.82, 2.24) is 14.5 Å². The van der Waals surface area contributed by atoms with Crippen LogP contribution in [0.15, 0.2) is 34.2 Å². The monoisotopic (exact) mass is 308 g/mol. The number of fused-ring (bicyclic) bond motifs is 1. The minimum absolute atomic E-state index is 0.499. The molecule has 86 valence electrons. The molecular weight excluding hydrogens is 300 g/mol. The van der Waals surface area contributed by atoms with E-state index in [1.807, 2.05) is 16.7 Å². The SMILES string of the molecule is Nc1nc2cc(Br)cnc2n1Cc1cccs1. The Balaban J connectivity index is 2.12. The average Bonchev–Trinajstić information content (AvgIpc) is 2.88. The number of aromatic nitrogens is 3. The van der Waals surface area contributed by atoms with E-state index in [0.717, 1.165) is 15.6 Å². The van der Waals surface area contributed by atoms with Crippen LogP contribution in [0.3, 0.4) is 0 Å². The van der Waals surface area contributed by atoms with Crippen molar-refractivity contribution in [3.8, 4) is 0 Å². The van der Waals surface area contributed by atoms with Crippen LogP contribution in [-0.2, 0) is 6.54 Å². The lowest BCUT2D eigenvalue weighted by molar-refractivity contribution is 0.841. The van der Waals surface area contributed by atoms with Crippen molar-refractivity contribution < 1.29 is 0 Å². The Morgan fingerprint density at radius 3 is 3.12 bits per heavy atom. The number of thiophene rings is 1. The fourth-order valence-corrected chi connectivity index (χ4v) is 2.73. The van der Waals surface area contributed by atoms with Gasteiger partial charge in [0, 0.05) is 15.5 Å². The summed E-state index contributed by atoms with van der Waals surface area (Å²) in [5.74, 6) is 0.499. The molecule has 3 aromatic rings. The highest BCUT2D eigenvalue weighted by Crippen LogP contribution is 2.21. The third-order valence-electron chi connectivity index (χ3n) is 2.48. The van der Waals surface area contributed by atoms with Gasteiger partial charge < -0.3 is 5.73 Å². The van der Waals surface area contributed by atoms with Crippen LogP contribution in [0.25, 0.3) is 11.2 Å². The van der Waals surface area contributed by atoms with Gasteiger partial charge in [0.1, 0.15) is 5.52 Å². The van der Waals surface area contributed by atoms with Crippen molar-refractivity contribution >= 4 is 44.4 Å². The van der Waals surface area contributed by atoms with Gasteiger partial charge in [0.25, 0.3) is 0 Å². The van der Waals surface area contributed by atoms with Gasteiger partial charge in [-0.15, -0.1) is 11.3 Å². The van der Waals surface area contributed by atoms with E-state index in [0.29, 0.717) is 12.5 Å². The molecular formula is C11H9BrN4S. The Bertz CT molecular complexity index is 659. The highest BCUT2D eigenvalue weighted by Gasteiger charge is 2.10. The Morgan fingerprint density at radius 1 is 1.47 bits per heavy atom. The number of hydrogen-bond acceptors (Lipinski definition) is 4. The Labute approximate surface area is 110 Å². The number of nitrogens with two attached hydrogens (primary N) is 1. The number of pyridine rings is 1. The molecule has 4 nitrogen and oxygen atoms in total. The molecule has 0 bridgehead atoms. The second-order valence-electron chi connectivity index (χ2n) is 3.63. The first-order valence-electron chi connectivity index (χ1n) is 5.03. The summed E-state index contributed by atoms with van der Waals surface area (Å²) < 4.78 is 2.83. The van der Waals surface area contributed by atoms with Crippen LogP contribution in [0.1, 0.15) is 4.88 Å². The summed E-state index contributed by atoms with van der Waals surface area (Å²) in [5.41, 5.74) is 7.55. The van der Waals surface area contributed by atoms with Gasteiger partial charge in [0.05, 0.1) is 6.54 Å². The largest absolute Gasteiger partial charge is 0.369 e. The highest BCUT2D eigenvalue weighted by atomic mass is 79.9. The smallest absolute Gasteiger partial charge is 0.202 e. The molecule has 0 aliphatic carbocycles. The molecule has 17 heavy (non-hydrogen) atoms. The number of hydrogen-bond donors (Lipinski definition) is 1. The number of nitrogens with zero attached hydrogens (tertiary/aromatic N) is 3. The average molecular weight is 309 g/mol. The summed E-state index contributed by atoms with van der Waals surface area (Å²) >= 11 is 5.08.